The molecule has 7 heteroatoms. The number of aromatic nitrogens is 1. The highest BCUT2D eigenvalue weighted by Gasteiger charge is 2.24. The summed E-state index contributed by atoms with van der Waals surface area (Å²) in [5.74, 6) is -1.18. The van der Waals surface area contributed by atoms with Gasteiger partial charge in [-0.2, -0.15) is 0 Å². The Labute approximate surface area is 89.0 Å². The van der Waals surface area contributed by atoms with E-state index in [2.05, 4.69) is 9.72 Å². The summed E-state index contributed by atoms with van der Waals surface area (Å²) in [6, 6.07) is 0. The molecule has 0 unspecified atom stereocenters. The molecule has 2 N–H and O–H groups in total. The fourth-order valence-corrected chi connectivity index (χ4v) is 1.24. The molecule has 0 amide bonds. The Morgan fingerprint density at radius 2 is 2.27 bits per heavy atom. The van der Waals surface area contributed by atoms with Gasteiger partial charge in [0.1, 0.15) is 5.82 Å². The van der Waals surface area contributed by atoms with E-state index in [1.165, 1.54) is 0 Å². The molecule has 1 heterocycles. The molecule has 4 nitrogen and oxygen atoms in total. The zero-order valence-electron chi connectivity index (χ0n) is 7.63. The number of carbonyl (C=O) groups excluding carboxylic acids is 1. The van der Waals surface area contributed by atoms with Gasteiger partial charge in [-0.3, -0.25) is 0 Å². The Morgan fingerprint density at radius 1 is 1.67 bits per heavy atom. The van der Waals surface area contributed by atoms with Crippen molar-refractivity contribution in [2.75, 3.05) is 12.8 Å². The molecule has 1 aromatic heterocycles. The van der Waals surface area contributed by atoms with E-state index in [9.17, 15) is 13.6 Å². The van der Waals surface area contributed by atoms with Gasteiger partial charge < -0.3 is 10.5 Å². The molecule has 0 atom stereocenters. The van der Waals surface area contributed by atoms with Crippen molar-refractivity contribution in [3.63, 3.8) is 0 Å². The number of ether oxygens (including phenoxy) is 1. The van der Waals surface area contributed by atoms with Crippen LogP contribution in [0.4, 0.5) is 14.6 Å². The number of nitrogens with two attached hydrogens (primary N) is 1. The Hall–Kier alpha value is -1.43. The summed E-state index contributed by atoms with van der Waals surface area (Å²) >= 11 is 5.52. The second kappa shape index (κ2) is 4.39. The fourth-order valence-electron chi connectivity index (χ4n) is 1.00. The van der Waals surface area contributed by atoms with Crippen molar-refractivity contribution in [1.82, 2.24) is 4.98 Å². The molecule has 1 aromatic rings. The van der Waals surface area contributed by atoms with Gasteiger partial charge in [-0.1, -0.05) is 11.6 Å². The summed E-state index contributed by atoms with van der Waals surface area (Å²) in [5.41, 5.74) is 4.20. The average molecular weight is 237 g/mol. The zero-order valence-corrected chi connectivity index (χ0v) is 8.39. The molecule has 0 aliphatic rings. The first-order chi connectivity index (χ1) is 6.99. The first-order valence-corrected chi connectivity index (χ1v) is 4.17. The summed E-state index contributed by atoms with van der Waals surface area (Å²) in [5, 5.41) is -0.423. The minimum absolute atomic E-state index is 0.250. The molecule has 0 bridgehead atoms. The maximum absolute atomic E-state index is 12.6. The Bertz CT molecular complexity index is 398. The third kappa shape index (κ3) is 2.15. The molecule has 0 aliphatic carbocycles. The number of halogens is 3. The Morgan fingerprint density at radius 3 is 2.73 bits per heavy atom. The second-order valence-electron chi connectivity index (χ2n) is 2.58. The van der Waals surface area contributed by atoms with Gasteiger partial charge >= 0.3 is 5.97 Å². The minimum atomic E-state index is -2.92. The van der Waals surface area contributed by atoms with Crippen molar-refractivity contribution in [1.29, 1.82) is 0 Å². The molecule has 0 aromatic carbocycles. The predicted molar refractivity (Wildman–Crippen MR) is 50.0 cm³/mol. The van der Waals surface area contributed by atoms with Crippen LogP contribution in [-0.2, 0) is 4.74 Å². The monoisotopic (exact) mass is 236 g/mol. The first-order valence-electron chi connectivity index (χ1n) is 3.79. The minimum Gasteiger partial charge on any atom is -0.465 e. The quantitative estimate of drug-likeness (QED) is 0.798. The highest BCUT2D eigenvalue weighted by Crippen LogP contribution is 2.33. The first kappa shape index (κ1) is 11.6. The van der Waals surface area contributed by atoms with E-state index in [-0.39, 0.29) is 11.4 Å². The van der Waals surface area contributed by atoms with Gasteiger partial charge in [0.25, 0.3) is 6.43 Å². The highest BCUT2D eigenvalue weighted by molar-refractivity contribution is 6.34. The summed E-state index contributed by atoms with van der Waals surface area (Å²) in [6.07, 6.45) is -2.01. The van der Waals surface area contributed by atoms with Crippen LogP contribution < -0.4 is 5.73 Å². The topological polar surface area (TPSA) is 65.2 Å². The van der Waals surface area contributed by atoms with Gasteiger partial charge in [0.15, 0.2) is 0 Å². The summed E-state index contributed by atoms with van der Waals surface area (Å²) in [6.45, 7) is 0. The number of nitrogens with zero attached hydrogens (tertiary/aromatic N) is 1. The van der Waals surface area contributed by atoms with Gasteiger partial charge in [0.05, 0.1) is 23.3 Å². The van der Waals surface area contributed by atoms with Crippen LogP contribution in [0.5, 0.6) is 0 Å². The zero-order chi connectivity index (χ0) is 11.6. The van der Waals surface area contributed by atoms with Gasteiger partial charge in [-0.25, -0.2) is 18.6 Å². The number of alkyl halides is 2. The number of hydrogen-bond donors (Lipinski definition) is 1. The lowest BCUT2D eigenvalue weighted by atomic mass is 10.1. The molecule has 0 saturated heterocycles. The molecule has 0 aliphatic heterocycles. The van der Waals surface area contributed by atoms with Crippen LogP contribution in [0.2, 0.25) is 5.02 Å². The number of nitrogen functional groups attached to an aromatic ring is 1. The Balaban J connectivity index is 3.40. The van der Waals surface area contributed by atoms with Crippen LogP contribution >= 0.6 is 11.6 Å². The maximum Gasteiger partial charge on any atom is 0.339 e. The smallest absolute Gasteiger partial charge is 0.339 e. The van der Waals surface area contributed by atoms with Crippen molar-refractivity contribution in [2.24, 2.45) is 0 Å². The fraction of sp³-hybridized carbons (Fsp3) is 0.250. The van der Waals surface area contributed by atoms with Crippen molar-refractivity contribution in [2.45, 2.75) is 6.43 Å². The largest absolute Gasteiger partial charge is 0.465 e. The molecule has 0 saturated carbocycles. The molecule has 82 valence electrons. The van der Waals surface area contributed by atoms with Crippen LogP contribution in [0, 0.1) is 0 Å². The molecule has 1 rings (SSSR count). The van der Waals surface area contributed by atoms with E-state index < -0.39 is 23.0 Å². The molecular formula is C8H7ClF2N2O2. The molecule has 0 spiro atoms. The second-order valence-corrected chi connectivity index (χ2v) is 2.96. The highest BCUT2D eigenvalue weighted by atomic mass is 35.5. The number of methoxy groups -OCH3 is 1. The number of esters is 1. The van der Waals surface area contributed by atoms with E-state index in [1.54, 1.807) is 0 Å². The van der Waals surface area contributed by atoms with Crippen LogP contribution in [-0.4, -0.2) is 18.1 Å². The normalized spacial score (nSPS) is 10.5. The summed E-state index contributed by atoms with van der Waals surface area (Å²) in [4.78, 5) is 14.6. The molecule has 15 heavy (non-hydrogen) atoms. The molecular weight excluding hydrogens is 230 g/mol. The number of carbonyl (C=O) groups is 1. The third-order valence-electron chi connectivity index (χ3n) is 1.71. The lowest BCUT2D eigenvalue weighted by Crippen LogP contribution is -2.09. The molecule has 0 radical (unpaired) electrons. The third-order valence-corrected chi connectivity index (χ3v) is 2.11. The van der Waals surface area contributed by atoms with E-state index >= 15 is 0 Å². The number of pyridine rings is 1. The van der Waals surface area contributed by atoms with Crippen LogP contribution in [0.1, 0.15) is 22.3 Å². The lowest BCUT2D eigenvalue weighted by Gasteiger charge is -2.09. The van der Waals surface area contributed by atoms with Crippen molar-refractivity contribution >= 4 is 23.4 Å². The van der Waals surface area contributed by atoms with Gasteiger partial charge in [-0.15, -0.1) is 0 Å². The van der Waals surface area contributed by atoms with Gasteiger partial charge in [0, 0.05) is 6.20 Å². The summed E-state index contributed by atoms with van der Waals surface area (Å²) in [7, 11) is 1.07. The summed E-state index contributed by atoms with van der Waals surface area (Å²) < 4.78 is 29.5. The number of anilines is 1. The molecule has 0 fully saturated rings. The maximum atomic E-state index is 12.6. The van der Waals surface area contributed by atoms with E-state index in [1.807, 2.05) is 0 Å². The van der Waals surface area contributed by atoms with Gasteiger partial charge in [-0.05, 0) is 0 Å². The van der Waals surface area contributed by atoms with Crippen molar-refractivity contribution < 1.29 is 18.3 Å². The number of hydrogen-bond acceptors (Lipinski definition) is 4. The van der Waals surface area contributed by atoms with E-state index in [0.717, 1.165) is 13.3 Å². The lowest BCUT2D eigenvalue weighted by molar-refractivity contribution is 0.0589. The Kier molecular flexibility index (Phi) is 3.41. The van der Waals surface area contributed by atoms with E-state index in [0.29, 0.717) is 0 Å². The van der Waals surface area contributed by atoms with E-state index in [4.69, 9.17) is 17.3 Å². The van der Waals surface area contributed by atoms with Gasteiger partial charge in [0.2, 0.25) is 0 Å². The van der Waals surface area contributed by atoms with Crippen LogP contribution in [0.25, 0.3) is 0 Å². The predicted octanol–water partition coefficient (Wildman–Crippen LogP) is 2.04. The standard InChI is InChI=1S/C8H7ClF2N2O2/c1-15-8(14)3-2-13-7(12)5(9)4(3)6(10)11/h2,6H,1H3,(H2,12,13). The SMILES string of the molecule is COC(=O)c1cnc(N)c(Cl)c1C(F)F. The number of rotatable bonds is 2. The average Bonchev–Trinajstić information content (AvgIpc) is 2.20. The van der Waals surface area contributed by atoms with Crippen LogP contribution in [0.3, 0.4) is 0 Å². The van der Waals surface area contributed by atoms with Crippen LogP contribution in [0.15, 0.2) is 6.20 Å². The van der Waals surface area contributed by atoms with Crippen molar-refractivity contribution in [3.8, 4) is 0 Å². The van der Waals surface area contributed by atoms with Crippen molar-refractivity contribution in [3.05, 3.63) is 22.3 Å².